The number of imidazole rings is 1. The van der Waals surface area contributed by atoms with Gasteiger partial charge in [-0.2, -0.15) is 0 Å². The summed E-state index contributed by atoms with van der Waals surface area (Å²) >= 11 is 1.61. The third-order valence-corrected chi connectivity index (χ3v) is 6.21. The fourth-order valence-electron chi connectivity index (χ4n) is 3.85. The normalized spacial score (nSPS) is 16.5. The van der Waals surface area contributed by atoms with E-state index in [9.17, 15) is 4.79 Å². The molecular weight excluding hydrogens is 372 g/mol. The summed E-state index contributed by atoms with van der Waals surface area (Å²) in [6, 6.07) is 9.64. The first-order chi connectivity index (χ1) is 13.7. The number of hydrogen-bond acceptors (Lipinski definition) is 5. The number of benzene rings is 1. The Morgan fingerprint density at radius 2 is 2.29 bits per heavy atom. The predicted molar refractivity (Wildman–Crippen MR) is 107 cm³/mol. The molecule has 28 heavy (non-hydrogen) atoms. The molecule has 1 N–H and O–H groups in total. The lowest BCUT2D eigenvalue weighted by Gasteiger charge is -2.33. The van der Waals surface area contributed by atoms with Crippen LogP contribution in [0.3, 0.4) is 0 Å². The third-order valence-electron chi connectivity index (χ3n) is 5.18. The number of thiazole rings is 1. The van der Waals surface area contributed by atoms with Gasteiger partial charge in [0, 0.05) is 48.0 Å². The smallest absolute Gasteiger partial charge is 0.223 e. The first-order valence-corrected chi connectivity index (χ1v) is 10.3. The van der Waals surface area contributed by atoms with Gasteiger partial charge in [0.15, 0.2) is 0 Å². The highest BCUT2D eigenvalue weighted by Gasteiger charge is 2.36. The minimum Gasteiger partial charge on any atom is -0.458 e. The van der Waals surface area contributed by atoms with Crippen LogP contribution in [0.4, 0.5) is 0 Å². The van der Waals surface area contributed by atoms with Gasteiger partial charge in [-0.15, -0.1) is 11.3 Å². The quantitative estimate of drug-likeness (QED) is 0.569. The van der Waals surface area contributed by atoms with Crippen molar-refractivity contribution in [1.82, 2.24) is 19.9 Å². The predicted octanol–water partition coefficient (Wildman–Crippen LogP) is 4.03. The summed E-state index contributed by atoms with van der Waals surface area (Å²) in [6.45, 7) is 2.62. The monoisotopic (exact) mass is 392 g/mol. The van der Waals surface area contributed by atoms with Crippen molar-refractivity contribution < 1.29 is 9.21 Å². The number of aromatic nitrogens is 3. The van der Waals surface area contributed by atoms with Gasteiger partial charge in [0.2, 0.25) is 5.91 Å². The van der Waals surface area contributed by atoms with Crippen LogP contribution in [0.25, 0.3) is 11.0 Å². The van der Waals surface area contributed by atoms with Gasteiger partial charge in [0.1, 0.15) is 17.4 Å². The maximum Gasteiger partial charge on any atom is 0.223 e. The molecule has 4 heterocycles. The molecule has 7 heteroatoms. The zero-order chi connectivity index (χ0) is 19.1. The summed E-state index contributed by atoms with van der Waals surface area (Å²) in [7, 11) is 0. The number of H-pyrrole nitrogens is 1. The van der Waals surface area contributed by atoms with Crippen molar-refractivity contribution >= 4 is 28.2 Å². The van der Waals surface area contributed by atoms with E-state index in [1.165, 1.54) is 0 Å². The van der Waals surface area contributed by atoms with E-state index in [4.69, 9.17) is 4.42 Å². The van der Waals surface area contributed by atoms with Crippen molar-refractivity contribution in [3.8, 4) is 0 Å². The molecule has 142 valence electrons. The van der Waals surface area contributed by atoms with Gasteiger partial charge >= 0.3 is 0 Å². The van der Waals surface area contributed by atoms with Crippen molar-refractivity contribution in [3.05, 3.63) is 69.9 Å². The minimum atomic E-state index is -0.298. The Balaban J connectivity index is 1.46. The lowest BCUT2D eigenvalue weighted by atomic mass is 9.99. The molecule has 6 nitrogen and oxygen atoms in total. The molecule has 1 aromatic carbocycles. The Labute approximate surface area is 166 Å². The summed E-state index contributed by atoms with van der Waals surface area (Å²) in [4.78, 5) is 27.2. The Hall–Kier alpha value is -2.93. The van der Waals surface area contributed by atoms with Crippen molar-refractivity contribution in [2.45, 2.75) is 32.2 Å². The molecule has 1 aliphatic heterocycles. The summed E-state index contributed by atoms with van der Waals surface area (Å²) in [5.41, 5.74) is 3.78. The van der Waals surface area contributed by atoms with E-state index in [1.54, 1.807) is 17.7 Å². The summed E-state index contributed by atoms with van der Waals surface area (Å²) in [5, 5.41) is 4.06. The maximum absolute atomic E-state index is 13.1. The maximum atomic E-state index is 13.1. The number of carbonyl (C=O) groups excluding carboxylic acids is 1. The minimum absolute atomic E-state index is 0.104. The van der Waals surface area contributed by atoms with Gasteiger partial charge in [-0.1, -0.05) is 18.2 Å². The van der Waals surface area contributed by atoms with Crippen molar-refractivity contribution in [2.24, 2.45) is 0 Å². The van der Waals surface area contributed by atoms with Gasteiger partial charge in [0.25, 0.3) is 0 Å². The largest absolute Gasteiger partial charge is 0.458 e. The Bertz CT molecular complexity index is 1110. The van der Waals surface area contributed by atoms with Crippen LogP contribution in [0.2, 0.25) is 0 Å². The number of para-hydroxylation sites is 1. The molecule has 1 amide bonds. The molecule has 0 fully saturated rings. The highest BCUT2D eigenvalue weighted by molar-refractivity contribution is 7.09. The molecule has 0 aliphatic carbocycles. The van der Waals surface area contributed by atoms with Crippen LogP contribution in [0.5, 0.6) is 0 Å². The standard InChI is InChI=1S/C21H20N4O2S/c1-13-11-28-18(24-13)6-7-19(26)25-9-8-15-20(23-12-22-15)21(25)17-10-14-4-2-3-5-16(14)27-17/h2-5,10-12,21H,6-9H2,1H3,(H,22,23)/t21-/m1/s1. The molecule has 0 saturated heterocycles. The van der Waals surface area contributed by atoms with Gasteiger partial charge in [0.05, 0.1) is 17.0 Å². The first kappa shape index (κ1) is 17.2. The van der Waals surface area contributed by atoms with Gasteiger partial charge in [-0.05, 0) is 19.1 Å². The number of rotatable bonds is 4. The number of hydrogen-bond donors (Lipinski definition) is 1. The Morgan fingerprint density at radius 1 is 1.39 bits per heavy atom. The first-order valence-electron chi connectivity index (χ1n) is 9.40. The van der Waals surface area contributed by atoms with Crippen molar-refractivity contribution in [3.63, 3.8) is 0 Å². The zero-order valence-corrected chi connectivity index (χ0v) is 16.3. The van der Waals surface area contributed by atoms with E-state index in [2.05, 4.69) is 15.0 Å². The fraction of sp³-hybridized carbons (Fsp3) is 0.286. The van der Waals surface area contributed by atoms with E-state index >= 15 is 0 Å². The SMILES string of the molecule is Cc1csc(CCC(=O)N2CCc3[nH]cnc3[C@H]2c2cc3ccccc3o2)n1. The molecule has 1 atom stereocenters. The third kappa shape index (κ3) is 3.01. The molecule has 0 unspecified atom stereocenters. The molecular formula is C21H20N4O2S. The lowest BCUT2D eigenvalue weighted by Crippen LogP contribution is -2.40. The Kier molecular flexibility index (Phi) is 4.24. The second-order valence-corrected chi connectivity index (χ2v) is 8.02. The van der Waals surface area contributed by atoms with E-state index in [-0.39, 0.29) is 11.9 Å². The van der Waals surface area contributed by atoms with Crippen LogP contribution >= 0.6 is 11.3 Å². The van der Waals surface area contributed by atoms with Crippen molar-refractivity contribution in [2.75, 3.05) is 6.54 Å². The molecule has 0 spiro atoms. The van der Waals surface area contributed by atoms with Crippen LogP contribution in [-0.4, -0.2) is 32.3 Å². The fourth-order valence-corrected chi connectivity index (χ4v) is 4.62. The van der Waals surface area contributed by atoms with Gasteiger partial charge in [-0.25, -0.2) is 9.97 Å². The molecule has 0 radical (unpaired) electrons. The number of fused-ring (bicyclic) bond motifs is 2. The average Bonchev–Trinajstić information content (AvgIpc) is 3.43. The summed E-state index contributed by atoms with van der Waals surface area (Å²) in [6.07, 6.45) is 3.57. The number of aromatic amines is 1. The number of furan rings is 1. The van der Waals surface area contributed by atoms with E-state index in [0.717, 1.165) is 45.2 Å². The van der Waals surface area contributed by atoms with Crippen LogP contribution in [0.1, 0.15) is 40.3 Å². The highest BCUT2D eigenvalue weighted by Crippen LogP contribution is 2.36. The van der Waals surface area contributed by atoms with Crippen LogP contribution in [-0.2, 0) is 17.6 Å². The number of nitrogens with one attached hydrogen (secondary N) is 1. The lowest BCUT2D eigenvalue weighted by molar-refractivity contribution is -0.133. The molecule has 5 rings (SSSR count). The Morgan fingerprint density at radius 3 is 3.11 bits per heavy atom. The molecule has 0 saturated carbocycles. The molecule has 0 bridgehead atoms. The van der Waals surface area contributed by atoms with Crippen LogP contribution in [0.15, 0.2) is 46.5 Å². The molecule has 1 aliphatic rings. The average molecular weight is 392 g/mol. The summed E-state index contributed by atoms with van der Waals surface area (Å²) < 4.78 is 6.12. The van der Waals surface area contributed by atoms with E-state index < -0.39 is 0 Å². The van der Waals surface area contributed by atoms with Gasteiger partial charge in [-0.3, -0.25) is 4.79 Å². The molecule has 4 aromatic rings. The number of aryl methyl sites for hydroxylation is 2. The number of amides is 1. The van der Waals surface area contributed by atoms with Crippen LogP contribution < -0.4 is 0 Å². The van der Waals surface area contributed by atoms with Crippen molar-refractivity contribution in [1.29, 1.82) is 0 Å². The van der Waals surface area contributed by atoms with E-state index in [1.807, 2.05) is 47.5 Å². The van der Waals surface area contributed by atoms with Crippen LogP contribution in [0, 0.1) is 6.92 Å². The number of nitrogens with zero attached hydrogens (tertiary/aromatic N) is 3. The second kappa shape index (κ2) is 6.91. The highest BCUT2D eigenvalue weighted by atomic mass is 32.1. The summed E-state index contributed by atoms with van der Waals surface area (Å²) in [5.74, 6) is 0.861. The van der Waals surface area contributed by atoms with Gasteiger partial charge < -0.3 is 14.3 Å². The van der Waals surface area contributed by atoms with E-state index in [0.29, 0.717) is 19.4 Å². The molecule has 3 aromatic heterocycles. The number of carbonyl (C=O) groups is 1. The zero-order valence-electron chi connectivity index (χ0n) is 15.5. The topological polar surface area (TPSA) is 75.0 Å². The second-order valence-electron chi connectivity index (χ2n) is 7.08.